The number of rotatable bonds is 3. The number of aryl methyl sites for hydroxylation is 1. The van der Waals surface area contributed by atoms with Gasteiger partial charge in [0.25, 0.3) is 10.1 Å². The third kappa shape index (κ3) is 4.18. The van der Waals surface area contributed by atoms with Crippen LogP contribution < -0.4 is 4.74 Å². The Morgan fingerprint density at radius 2 is 2.12 bits per heavy atom. The first-order chi connectivity index (χ1) is 7.28. The fourth-order valence-corrected chi connectivity index (χ4v) is 1.61. The molecule has 5 nitrogen and oxygen atoms in total. The predicted molar refractivity (Wildman–Crippen MR) is 58.2 cm³/mol. The van der Waals surface area contributed by atoms with Crippen LogP contribution in [-0.2, 0) is 14.9 Å². The zero-order valence-corrected chi connectivity index (χ0v) is 9.88. The van der Waals surface area contributed by atoms with Crippen molar-refractivity contribution in [3.05, 3.63) is 28.8 Å². The average molecular weight is 265 g/mol. The zero-order chi connectivity index (χ0) is 12.3. The molecular formula is C9H9ClO5S. The lowest BCUT2D eigenvalue weighted by Gasteiger charge is -2.06. The van der Waals surface area contributed by atoms with Gasteiger partial charge in [-0.2, -0.15) is 8.42 Å². The molecule has 1 N–H and O–H groups in total. The van der Waals surface area contributed by atoms with E-state index < -0.39 is 21.8 Å². The minimum absolute atomic E-state index is 0.207. The highest BCUT2D eigenvalue weighted by Gasteiger charge is 2.15. The van der Waals surface area contributed by atoms with E-state index >= 15 is 0 Å². The maximum Gasteiger partial charge on any atom is 0.329 e. The molecule has 1 aromatic rings. The van der Waals surface area contributed by atoms with Crippen molar-refractivity contribution in [3.63, 3.8) is 0 Å². The van der Waals surface area contributed by atoms with Crippen LogP contribution in [0.15, 0.2) is 18.2 Å². The molecule has 88 valence electrons. The number of benzene rings is 1. The molecule has 1 aromatic carbocycles. The number of ether oxygens (including phenoxy) is 1. The number of hydrogen-bond acceptors (Lipinski definition) is 4. The van der Waals surface area contributed by atoms with Gasteiger partial charge in [0, 0.05) is 5.02 Å². The van der Waals surface area contributed by atoms with Crippen LogP contribution in [0.5, 0.6) is 5.75 Å². The monoisotopic (exact) mass is 264 g/mol. The summed E-state index contributed by atoms with van der Waals surface area (Å²) in [4.78, 5) is 11.1. The summed E-state index contributed by atoms with van der Waals surface area (Å²) in [6.07, 6.45) is 0. The smallest absolute Gasteiger partial charge is 0.329 e. The summed E-state index contributed by atoms with van der Waals surface area (Å²) in [6, 6.07) is 4.52. The first-order valence-corrected chi connectivity index (χ1v) is 6.18. The van der Waals surface area contributed by atoms with Gasteiger partial charge in [0.1, 0.15) is 5.75 Å². The van der Waals surface area contributed by atoms with Crippen molar-refractivity contribution >= 4 is 27.7 Å². The van der Waals surface area contributed by atoms with E-state index in [1.165, 1.54) is 12.1 Å². The minimum atomic E-state index is -4.37. The lowest BCUT2D eigenvalue weighted by Crippen LogP contribution is -2.20. The summed E-state index contributed by atoms with van der Waals surface area (Å²) in [7, 11) is -4.37. The highest BCUT2D eigenvalue weighted by molar-refractivity contribution is 7.86. The second kappa shape index (κ2) is 4.82. The Labute approximate surface area is 97.7 Å². The largest absolute Gasteiger partial charge is 0.425 e. The molecular weight excluding hydrogens is 256 g/mol. The van der Waals surface area contributed by atoms with Gasteiger partial charge in [0.05, 0.1) is 0 Å². The summed E-state index contributed by atoms with van der Waals surface area (Å²) < 4.78 is 34.0. The van der Waals surface area contributed by atoms with E-state index in [2.05, 4.69) is 0 Å². The molecule has 0 saturated carbocycles. The highest BCUT2D eigenvalue weighted by atomic mass is 35.5. The van der Waals surface area contributed by atoms with Gasteiger partial charge in [0.15, 0.2) is 5.75 Å². The van der Waals surface area contributed by atoms with Crippen molar-refractivity contribution < 1.29 is 22.5 Å². The number of halogens is 1. The number of carbonyl (C=O) groups excluding carboxylic acids is 1. The number of esters is 1. The molecule has 0 aliphatic rings. The number of carbonyl (C=O) groups is 1. The molecule has 0 spiro atoms. The van der Waals surface area contributed by atoms with Crippen molar-refractivity contribution in [1.29, 1.82) is 0 Å². The summed E-state index contributed by atoms with van der Waals surface area (Å²) in [5.41, 5.74) is 0.594. The second-order valence-corrected chi connectivity index (χ2v) is 5.00. The first-order valence-electron chi connectivity index (χ1n) is 4.20. The molecule has 0 saturated heterocycles. The van der Waals surface area contributed by atoms with Crippen LogP contribution in [0.1, 0.15) is 5.56 Å². The Bertz CT molecular complexity index is 509. The van der Waals surface area contributed by atoms with Crippen molar-refractivity contribution in [3.8, 4) is 5.75 Å². The van der Waals surface area contributed by atoms with Crippen molar-refractivity contribution in [2.75, 3.05) is 5.75 Å². The van der Waals surface area contributed by atoms with Gasteiger partial charge in [-0.15, -0.1) is 0 Å². The van der Waals surface area contributed by atoms with Crippen LogP contribution in [0, 0.1) is 6.92 Å². The molecule has 0 amide bonds. The summed E-state index contributed by atoms with van der Waals surface area (Å²) in [5.74, 6) is -1.92. The Morgan fingerprint density at radius 1 is 1.50 bits per heavy atom. The van der Waals surface area contributed by atoms with E-state index in [-0.39, 0.29) is 5.75 Å². The Kier molecular flexibility index (Phi) is 3.90. The molecule has 16 heavy (non-hydrogen) atoms. The molecule has 0 heterocycles. The molecule has 0 aliphatic heterocycles. The third-order valence-electron chi connectivity index (χ3n) is 1.66. The van der Waals surface area contributed by atoms with E-state index in [0.717, 1.165) is 0 Å². The van der Waals surface area contributed by atoms with Gasteiger partial charge in [-0.05, 0) is 30.7 Å². The van der Waals surface area contributed by atoms with E-state index in [9.17, 15) is 13.2 Å². The van der Waals surface area contributed by atoms with E-state index in [1.807, 2.05) is 0 Å². The van der Waals surface area contributed by atoms with Crippen LogP contribution in [0.4, 0.5) is 0 Å². The standard InChI is InChI=1S/C9H9ClO5S/c1-6-4-7(10)2-3-8(6)15-9(11)5-16(12,13)14/h2-4H,5H2,1H3,(H,12,13,14). The maximum absolute atomic E-state index is 11.1. The fourth-order valence-electron chi connectivity index (χ4n) is 1.03. The molecule has 0 unspecified atom stereocenters. The van der Waals surface area contributed by atoms with E-state index in [1.54, 1.807) is 13.0 Å². The topological polar surface area (TPSA) is 80.7 Å². The molecule has 0 fully saturated rings. The fraction of sp³-hybridized carbons (Fsp3) is 0.222. The van der Waals surface area contributed by atoms with Crippen LogP contribution >= 0.6 is 11.6 Å². The average Bonchev–Trinajstić information content (AvgIpc) is 2.06. The van der Waals surface area contributed by atoms with Crippen LogP contribution in [0.3, 0.4) is 0 Å². The second-order valence-electron chi connectivity index (χ2n) is 3.11. The lowest BCUT2D eigenvalue weighted by atomic mass is 10.2. The molecule has 0 aromatic heterocycles. The van der Waals surface area contributed by atoms with Gasteiger partial charge >= 0.3 is 5.97 Å². The normalized spacial score (nSPS) is 11.2. The first kappa shape index (κ1) is 13.0. The third-order valence-corrected chi connectivity index (χ3v) is 2.50. The quantitative estimate of drug-likeness (QED) is 0.508. The summed E-state index contributed by atoms with van der Waals surface area (Å²) in [6.45, 7) is 1.65. The van der Waals surface area contributed by atoms with Gasteiger partial charge in [-0.1, -0.05) is 11.6 Å². The van der Waals surface area contributed by atoms with E-state index in [4.69, 9.17) is 20.9 Å². The van der Waals surface area contributed by atoms with Crippen molar-refractivity contribution in [1.82, 2.24) is 0 Å². The van der Waals surface area contributed by atoms with Crippen molar-refractivity contribution in [2.24, 2.45) is 0 Å². The Hall–Kier alpha value is -1.11. The summed E-state index contributed by atoms with van der Waals surface area (Å²) in [5, 5.41) is 0.479. The molecule has 0 aliphatic carbocycles. The zero-order valence-electron chi connectivity index (χ0n) is 8.31. The van der Waals surface area contributed by atoms with E-state index in [0.29, 0.717) is 10.6 Å². The Balaban J connectivity index is 2.78. The van der Waals surface area contributed by atoms with Gasteiger partial charge in [-0.3, -0.25) is 9.35 Å². The van der Waals surface area contributed by atoms with Crippen LogP contribution in [-0.4, -0.2) is 24.7 Å². The molecule has 1 rings (SSSR count). The Morgan fingerprint density at radius 3 is 2.62 bits per heavy atom. The van der Waals surface area contributed by atoms with Crippen LogP contribution in [0.25, 0.3) is 0 Å². The molecule has 7 heteroatoms. The van der Waals surface area contributed by atoms with Crippen LogP contribution in [0.2, 0.25) is 5.02 Å². The van der Waals surface area contributed by atoms with Crippen molar-refractivity contribution in [2.45, 2.75) is 6.92 Å². The SMILES string of the molecule is Cc1cc(Cl)ccc1OC(=O)CS(=O)(=O)O. The number of hydrogen-bond donors (Lipinski definition) is 1. The molecule has 0 radical (unpaired) electrons. The minimum Gasteiger partial charge on any atom is -0.425 e. The molecule has 0 bridgehead atoms. The van der Waals surface area contributed by atoms with Gasteiger partial charge in [-0.25, -0.2) is 0 Å². The lowest BCUT2D eigenvalue weighted by molar-refractivity contribution is -0.131. The predicted octanol–water partition coefficient (Wildman–Crippen LogP) is 1.44. The molecule has 0 atom stereocenters. The summed E-state index contributed by atoms with van der Waals surface area (Å²) >= 11 is 5.68. The van der Waals surface area contributed by atoms with Gasteiger partial charge in [0.2, 0.25) is 0 Å². The maximum atomic E-state index is 11.1. The van der Waals surface area contributed by atoms with Gasteiger partial charge < -0.3 is 4.74 Å². The highest BCUT2D eigenvalue weighted by Crippen LogP contribution is 2.21.